The second-order valence-electron chi connectivity index (χ2n) is 7.02. The van der Waals surface area contributed by atoms with Crippen molar-refractivity contribution in [3.8, 4) is 11.1 Å². The van der Waals surface area contributed by atoms with E-state index in [-0.39, 0.29) is 5.91 Å². The molecule has 5 heteroatoms. The molecule has 0 aromatic heterocycles. The van der Waals surface area contributed by atoms with Crippen LogP contribution in [0.15, 0.2) is 72.8 Å². The van der Waals surface area contributed by atoms with Crippen LogP contribution in [-0.4, -0.2) is 11.8 Å². The quantitative estimate of drug-likeness (QED) is 0.526. The second-order valence-corrected chi connectivity index (χ2v) is 7.02. The maximum Gasteiger partial charge on any atom is 0.248 e. The van der Waals surface area contributed by atoms with Crippen LogP contribution < -0.4 is 16.8 Å². The van der Waals surface area contributed by atoms with E-state index in [2.05, 4.69) is 41.7 Å². The number of hydrogen-bond acceptors (Lipinski definition) is 3. The number of benzene rings is 3. The van der Waals surface area contributed by atoms with E-state index >= 15 is 0 Å². The van der Waals surface area contributed by atoms with Crippen molar-refractivity contribution < 1.29 is 9.59 Å². The molecule has 0 radical (unpaired) electrons. The van der Waals surface area contributed by atoms with Gasteiger partial charge in [0.1, 0.15) is 0 Å². The summed E-state index contributed by atoms with van der Waals surface area (Å²) in [5.74, 6) is -0.692. The van der Waals surface area contributed by atoms with Crippen molar-refractivity contribution in [1.82, 2.24) is 5.32 Å². The SMILES string of the molecule is NC(=O)CCc1ccc(CNCc2ccc(-c3ccc(C(N)=O)cc3)cc2)cc1. The highest BCUT2D eigenvalue weighted by molar-refractivity contribution is 5.93. The monoisotopic (exact) mass is 387 g/mol. The van der Waals surface area contributed by atoms with Crippen molar-refractivity contribution in [2.45, 2.75) is 25.9 Å². The molecule has 0 saturated heterocycles. The zero-order valence-corrected chi connectivity index (χ0v) is 16.2. The fraction of sp³-hybridized carbons (Fsp3) is 0.167. The third kappa shape index (κ3) is 6.02. The van der Waals surface area contributed by atoms with E-state index in [9.17, 15) is 9.59 Å². The first-order chi connectivity index (χ1) is 14.0. The van der Waals surface area contributed by atoms with Crippen molar-refractivity contribution in [3.05, 3.63) is 95.1 Å². The highest BCUT2D eigenvalue weighted by Crippen LogP contribution is 2.20. The molecule has 0 aliphatic rings. The Morgan fingerprint density at radius 3 is 1.59 bits per heavy atom. The van der Waals surface area contributed by atoms with Gasteiger partial charge in [0, 0.05) is 25.1 Å². The first-order valence-corrected chi connectivity index (χ1v) is 9.57. The largest absolute Gasteiger partial charge is 0.370 e. The number of amides is 2. The van der Waals surface area contributed by atoms with Gasteiger partial charge in [-0.2, -0.15) is 0 Å². The summed E-state index contributed by atoms with van der Waals surface area (Å²) in [5.41, 5.74) is 16.6. The third-order valence-electron chi connectivity index (χ3n) is 4.80. The molecule has 0 fully saturated rings. The Hall–Kier alpha value is -3.44. The number of primary amides is 2. The predicted molar refractivity (Wildman–Crippen MR) is 115 cm³/mol. The third-order valence-corrected chi connectivity index (χ3v) is 4.80. The minimum atomic E-state index is -0.418. The van der Waals surface area contributed by atoms with Crippen LogP contribution in [-0.2, 0) is 24.3 Å². The van der Waals surface area contributed by atoms with Crippen LogP contribution in [0, 0.1) is 0 Å². The molecule has 5 nitrogen and oxygen atoms in total. The molecule has 0 saturated carbocycles. The summed E-state index contributed by atoms with van der Waals surface area (Å²) in [5, 5.41) is 3.44. The fourth-order valence-electron chi connectivity index (χ4n) is 3.08. The Balaban J connectivity index is 1.50. The first kappa shape index (κ1) is 20.3. The van der Waals surface area contributed by atoms with Gasteiger partial charge >= 0.3 is 0 Å². The van der Waals surface area contributed by atoms with Crippen LogP contribution in [0.3, 0.4) is 0 Å². The van der Waals surface area contributed by atoms with E-state index < -0.39 is 5.91 Å². The average Bonchev–Trinajstić information content (AvgIpc) is 2.74. The normalized spacial score (nSPS) is 10.6. The van der Waals surface area contributed by atoms with Gasteiger partial charge in [0.2, 0.25) is 11.8 Å². The van der Waals surface area contributed by atoms with Gasteiger partial charge in [-0.25, -0.2) is 0 Å². The molecule has 0 atom stereocenters. The summed E-state index contributed by atoms with van der Waals surface area (Å²) in [6, 6.07) is 23.8. The molecule has 0 aliphatic carbocycles. The first-order valence-electron chi connectivity index (χ1n) is 9.57. The van der Waals surface area contributed by atoms with E-state index in [0.29, 0.717) is 18.4 Å². The van der Waals surface area contributed by atoms with Crippen LogP contribution in [0.4, 0.5) is 0 Å². The smallest absolute Gasteiger partial charge is 0.248 e. The minimum absolute atomic E-state index is 0.274. The lowest BCUT2D eigenvalue weighted by Crippen LogP contribution is -2.13. The summed E-state index contributed by atoms with van der Waals surface area (Å²) < 4.78 is 0. The lowest BCUT2D eigenvalue weighted by Gasteiger charge is -2.08. The molecule has 5 N–H and O–H groups in total. The van der Waals surface area contributed by atoms with Crippen LogP contribution in [0.2, 0.25) is 0 Å². The molecule has 0 unspecified atom stereocenters. The highest BCUT2D eigenvalue weighted by atomic mass is 16.1. The molecule has 0 heterocycles. The maximum atomic E-state index is 11.2. The zero-order valence-electron chi connectivity index (χ0n) is 16.2. The molecular formula is C24H25N3O2. The molecule has 0 spiro atoms. The van der Waals surface area contributed by atoms with Crippen LogP contribution >= 0.6 is 0 Å². The molecule has 148 valence electrons. The fourth-order valence-corrected chi connectivity index (χ4v) is 3.08. The number of aryl methyl sites for hydroxylation is 1. The maximum absolute atomic E-state index is 11.2. The van der Waals surface area contributed by atoms with Gasteiger partial charge in [0.15, 0.2) is 0 Å². The Bertz CT molecular complexity index is 963. The lowest BCUT2D eigenvalue weighted by atomic mass is 10.0. The second kappa shape index (κ2) is 9.66. The van der Waals surface area contributed by atoms with Gasteiger partial charge < -0.3 is 16.8 Å². The summed E-state index contributed by atoms with van der Waals surface area (Å²) in [6.45, 7) is 1.54. The van der Waals surface area contributed by atoms with Gasteiger partial charge in [-0.1, -0.05) is 60.7 Å². The number of nitrogens with one attached hydrogen (secondary N) is 1. The van der Waals surface area contributed by atoms with Crippen molar-refractivity contribution in [2.24, 2.45) is 11.5 Å². The Labute approximate surface area is 170 Å². The number of rotatable bonds is 9. The summed E-state index contributed by atoms with van der Waals surface area (Å²) in [6.07, 6.45) is 1.06. The predicted octanol–water partition coefficient (Wildman–Crippen LogP) is 3.16. The van der Waals surface area contributed by atoms with Crippen LogP contribution in [0.5, 0.6) is 0 Å². The van der Waals surface area contributed by atoms with Gasteiger partial charge in [-0.05, 0) is 46.4 Å². The molecule has 0 aliphatic heterocycles. The lowest BCUT2D eigenvalue weighted by molar-refractivity contribution is -0.117. The van der Waals surface area contributed by atoms with E-state index in [4.69, 9.17) is 11.5 Å². The van der Waals surface area contributed by atoms with Crippen molar-refractivity contribution in [3.63, 3.8) is 0 Å². The van der Waals surface area contributed by atoms with E-state index in [1.165, 1.54) is 11.1 Å². The number of carbonyl (C=O) groups is 2. The van der Waals surface area contributed by atoms with Crippen LogP contribution in [0.25, 0.3) is 11.1 Å². The summed E-state index contributed by atoms with van der Waals surface area (Å²) in [7, 11) is 0. The number of carbonyl (C=O) groups excluding carboxylic acids is 2. The van der Waals surface area contributed by atoms with Crippen molar-refractivity contribution in [1.29, 1.82) is 0 Å². The number of nitrogens with two attached hydrogens (primary N) is 2. The molecule has 0 bridgehead atoms. The van der Waals surface area contributed by atoms with Crippen LogP contribution in [0.1, 0.15) is 33.5 Å². The molecule has 3 aromatic rings. The topological polar surface area (TPSA) is 98.2 Å². The minimum Gasteiger partial charge on any atom is -0.370 e. The Morgan fingerprint density at radius 1 is 0.655 bits per heavy atom. The van der Waals surface area contributed by atoms with Crippen molar-refractivity contribution >= 4 is 11.8 Å². The molecular weight excluding hydrogens is 362 g/mol. The van der Waals surface area contributed by atoms with E-state index in [1.54, 1.807) is 12.1 Å². The molecule has 3 aromatic carbocycles. The van der Waals surface area contributed by atoms with Gasteiger partial charge in [0.05, 0.1) is 0 Å². The van der Waals surface area contributed by atoms with E-state index in [1.807, 2.05) is 24.3 Å². The Kier molecular flexibility index (Phi) is 6.76. The van der Waals surface area contributed by atoms with E-state index in [0.717, 1.165) is 29.8 Å². The molecule has 3 rings (SSSR count). The average molecular weight is 387 g/mol. The zero-order chi connectivity index (χ0) is 20.6. The Morgan fingerprint density at radius 2 is 1.10 bits per heavy atom. The summed E-state index contributed by atoms with van der Waals surface area (Å²) in [4.78, 5) is 22.0. The summed E-state index contributed by atoms with van der Waals surface area (Å²) >= 11 is 0. The standard InChI is InChI=1S/C24H25N3O2/c25-23(28)14-7-17-1-3-18(4-2-17)15-27-16-19-5-8-20(9-6-19)21-10-12-22(13-11-21)24(26)29/h1-6,8-13,27H,7,14-16H2,(H2,25,28)(H2,26,29). The van der Waals surface area contributed by atoms with Gasteiger partial charge in [0.25, 0.3) is 0 Å². The van der Waals surface area contributed by atoms with Gasteiger partial charge in [-0.3, -0.25) is 9.59 Å². The molecule has 29 heavy (non-hydrogen) atoms. The highest BCUT2D eigenvalue weighted by Gasteiger charge is 2.03. The van der Waals surface area contributed by atoms with Crippen molar-refractivity contribution in [2.75, 3.05) is 0 Å². The molecule has 2 amide bonds. The van der Waals surface area contributed by atoms with Gasteiger partial charge in [-0.15, -0.1) is 0 Å². The number of hydrogen-bond donors (Lipinski definition) is 3.